The van der Waals surface area contributed by atoms with Crippen molar-refractivity contribution in [2.24, 2.45) is 0 Å². The average Bonchev–Trinajstić information content (AvgIpc) is 3.54. The topological polar surface area (TPSA) is 79.5 Å². The lowest BCUT2D eigenvalue weighted by molar-refractivity contribution is -0.140. The number of thioether (sulfide) groups is 1. The summed E-state index contributed by atoms with van der Waals surface area (Å²) in [5, 5.41) is 3.87. The van der Waals surface area contributed by atoms with Crippen molar-refractivity contribution in [3.63, 3.8) is 0 Å². The third kappa shape index (κ3) is 4.04. The van der Waals surface area contributed by atoms with Crippen LogP contribution in [-0.2, 0) is 4.79 Å². The minimum Gasteiger partial charge on any atom is -0.335 e. The van der Waals surface area contributed by atoms with Gasteiger partial charge in [0, 0.05) is 29.8 Å². The summed E-state index contributed by atoms with van der Waals surface area (Å²) in [6.45, 7) is 0.300. The Bertz CT molecular complexity index is 1210. The number of allylic oxidation sites excluding steroid dienone is 1. The van der Waals surface area contributed by atoms with Gasteiger partial charge in [0.2, 0.25) is 0 Å². The Labute approximate surface area is 194 Å². The highest BCUT2D eigenvalue weighted by atomic mass is 32.2. The van der Waals surface area contributed by atoms with Crippen molar-refractivity contribution in [2.45, 2.75) is 18.5 Å². The molecule has 33 heavy (non-hydrogen) atoms. The van der Waals surface area contributed by atoms with Crippen LogP contribution >= 0.6 is 11.8 Å². The summed E-state index contributed by atoms with van der Waals surface area (Å²) in [6.07, 6.45) is 2.87. The summed E-state index contributed by atoms with van der Waals surface area (Å²) in [6, 6.07) is 14.2. The van der Waals surface area contributed by atoms with Crippen LogP contribution in [0, 0.1) is 5.82 Å². The first kappa shape index (κ1) is 21.4. The van der Waals surface area contributed by atoms with E-state index in [1.54, 1.807) is 28.6 Å². The molecule has 168 valence electrons. The molecule has 3 aromatic rings. The summed E-state index contributed by atoms with van der Waals surface area (Å²) in [7, 11) is 1.77. The molecule has 0 radical (unpaired) electrons. The maximum Gasteiger partial charge on any atom is 0.296 e. The molecule has 2 amide bonds. The molecule has 2 aromatic carbocycles. The van der Waals surface area contributed by atoms with Gasteiger partial charge in [-0.15, -0.1) is 11.8 Å². The number of likely N-dealkylation sites (N-methyl/N-ethyl adjacent to an activating group) is 1. The van der Waals surface area contributed by atoms with Gasteiger partial charge in [0.1, 0.15) is 11.9 Å². The van der Waals surface area contributed by atoms with Gasteiger partial charge in [-0.3, -0.25) is 9.59 Å². The van der Waals surface area contributed by atoms with Gasteiger partial charge in [-0.05, 0) is 36.2 Å². The van der Waals surface area contributed by atoms with Gasteiger partial charge in [0.05, 0.1) is 6.04 Å². The third-order valence-corrected chi connectivity index (χ3v) is 7.05. The van der Waals surface area contributed by atoms with Crippen LogP contribution in [0.5, 0.6) is 0 Å². The molecule has 2 atom stereocenters. The highest BCUT2D eigenvalue weighted by Gasteiger charge is 2.45. The Balaban J connectivity index is 1.49. The van der Waals surface area contributed by atoms with Crippen LogP contribution in [-0.4, -0.2) is 57.1 Å². The average molecular weight is 465 g/mol. The van der Waals surface area contributed by atoms with Gasteiger partial charge in [0.15, 0.2) is 0 Å². The lowest BCUT2D eigenvalue weighted by Crippen LogP contribution is -2.59. The van der Waals surface area contributed by atoms with Gasteiger partial charge in [-0.25, -0.2) is 4.39 Å². The smallest absolute Gasteiger partial charge is 0.296 e. The summed E-state index contributed by atoms with van der Waals surface area (Å²) in [4.78, 5) is 35.4. The zero-order valence-corrected chi connectivity index (χ0v) is 18.7. The van der Waals surface area contributed by atoms with Crippen molar-refractivity contribution in [3.05, 3.63) is 82.8 Å². The summed E-state index contributed by atoms with van der Waals surface area (Å²) < 4.78 is 18.5. The predicted octanol–water partition coefficient (Wildman–Crippen LogP) is 3.92. The highest BCUT2D eigenvalue weighted by Crippen LogP contribution is 2.37. The van der Waals surface area contributed by atoms with Crippen molar-refractivity contribution in [3.8, 4) is 11.5 Å². The Morgan fingerprint density at radius 1 is 1.15 bits per heavy atom. The number of nitrogens with zero attached hydrogens (tertiary/aromatic N) is 4. The second kappa shape index (κ2) is 8.82. The molecule has 0 saturated carbocycles. The number of hydrogen-bond donors (Lipinski definition) is 0. The van der Waals surface area contributed by atoms with E-state index in [1.807, 2.05) is 36.4 Å². The first-order valence-corrected chi connectivity index (χ1v) is 11.6. The Morgan fingerprint density at radius 2 is 1.91 bits per heavy atom. The largest absolute Gasteiger partial charge is 0.335 e. The van der Waals surface area contributed by atoms with E-state index in [0.717, 1.165) is 22.6 Å². The van der Waals surface area contributed by atoms with Crippen LogP contribution in [0.25, 0.3) is 11.5 Å². The molecule has 0 spiro atoms. The second-order valence-corrected chi connectivity index (χ2v) is 9.08. The molecular weight excluding hydrogens is 443 g/mol. The van der Waals surface area contributed by atoms with E-state index in [4.69, 9.17) is 4.52 Å². The number of hydrogen-bond acceptors (Lipinski definition) is 6. The van der Waals surface area contributed by atoms with E-state index in [9.17, 15) is 14.0 Å². The number of rotatable bonds is 4. The van der Waals surface area contributed by atoms with Crippen molar-refractivity contribution in [1.82, 2.24) is 19.9 Å². The lowest BCUT2D eigenvalue weighted by atomic mass is 9.98. The van der Waals surface area contributed by atoms with E-state index in [1.165, 1.54) is 24.3 Å². The van der Waals surface area contributed by atoms with Crippen molar-refractivity contribution in [2.75, 3.05) is 19.3 Å². The van der Waals surface area contributed by atoms with Crippen LogP contribution in [0.3, 0.4) is 0 Å². The molecule has 2 unspecified atom stereocenters. The highest BCUT2D eigenvalue weighted by molar-refractivity contribution is 8.03. The number of carbonyl (C=O) groups excluding carboxylic acids is 2. The number of benzene rings is 2. The van der Waals surface area contributed by atoms with Crippen LogP contribution in [0.1, 0.15) is 28.6 Å². The summed E-state index contributed by atoms with van der Waals surface area (Å²) in [5.74, 6) is -0.150. The fourth-order valence-corrected chi connectivity index (χ4v) is 5.24. The first-order chi connectivity index (χ1) is 16.0. The Kier molecular flexibility index (Phi) is 5.72. The zero-order valence-electron chi connectivity index (χ0n) is 17.8. The van der Waals surface area contributed by atoms with E-state index < -0.39 is 11.9 Å². The standard InChI is InChI=1S/C24H21FN4O3S/c1-28-18(15-6-3-2-4-7-15)14-29(20(23(28)30)19-8-5-13-33-19)24(31)21-26-22(32-27-21)16-9-11-17(25)12-10-16/h2-4,6-12,18,20H,5,13-14H2,1H3. The van der Waals surface area contributed by atoms with Crippen LogP contribution < -0.4 is 0 Å². The Hall–Kier alpha value is -3.46. The molecule has 1 saturated heterocycles. The normalized spacial score (nSPS) is 20.8. The van der Waals surface area contributed by atoms with Gasteiger partial charge < -0.3 is 14.3 Å². The molecule has 9 heteroatoms. The molecule has 7 nitrogen and oxygen atoms in total. The molecule has 1 fully saturated rings. The van der Waals surface area contributed by atoms with Crippen molar-refractivity contribution in [1.29, 1.82) is 0 Å². The molecular formula is C24H21FN4O3S. The molecule has 2 aliphatic heterocycles. The molecule has 0 bridgehead atoms. The number of aromatic nitrogens is 2. The maximum absolute atomic E-state index is 13.6. The van der Waals surface area contributed by atoms with E-state index in [-0.39, 0.29) is 29.5 Å². The summed E-state index contributed by atoms with van der Waals surface area (Å²) >= 11 is 1.59. The zero-order chi connectivity index (χ0) is 22.9. The van der Waals surface area contributed by atoms with Gasteiger partial charge in [-0.1, -0.05) is 41.6 Å². The number of amides is 2. The minimum atomic E-state index is -0.720. The molecule has 0 N–H and O–H groups in total. The molecule has 0 aliphatic carbocycles. The van der Waals surface area contributed by atoms with E-state index in [0.29, 0.717) is 12.1 Å². The van der Waals surface area contributed by atoms with E-state index in [2.05, 4.69) is 10.1 Å². The van der Waals surface area contributed by atoms with Crippen LogP contribution in [0.15, 0.2) is 70.1 Å². The monoisotopic (exact) mass is 464 g/mol. The lowest BCUT2D eigenvalue weighted by Gasteiger charge is -2.44. The van der Waals surface area contributed by atoms with Crippen molar-refractivity contribution < 1.29 is 18.5 Å². The molecule has 1 aromatic heterocycles. The third-order valence-electron chi connectivity index (χ3n) is 5.89. The van der Waals surface area contributed by atoms with Gasteiger partial charge in [-0.2, -0.15) is 4.98 Å². The Morgan fingerprint density at radius 3 is 2.61 bits per heavy atom. The molecule has 3 heterocycles. The van der Waals surface area contributed by atoms with Crippen molar-refractivity contribution >= 4 is 23.6 Å². The summed E-state index contributed by atoms with van der Waals surface area (Å²) in [5.41, 5.74) is 1.45. The fourth-order valence-electron chi connectivity index (χ4n) is 4.15. The minimum absolute atomic E-state index is 0.115. The number of carbonyl (C=O) groups is 2. The fraction of sp³-hybridized carbons (Fsp3) is 0.250. The van der Waals surface area contributed by atoms with Gasteiger partial charge >= 0.3 is 0 Å². The van der Waals surface area contributed by atoms with Gasteiger partial charge in [0.25, 0.3) is 23.5 Å². The van der Waals surface area contributed by atoms with Crippen LogP contribution in [0.4, 0.5) is 4.39 Å². The quantitative estimate of drug-likeness (QED) is 0.582. The maximum atomic E-state index is 13.6. The number of halogens is 1. The molecule has 5 rings (SSSR count). The van der Waals surface area contributed by atoms with Crippen LogP contribution in [0.2, 0.25) is 0 Å². The first-order valence-electron chi connectivity index (χ1n) is 10.6. The van der Waals surface area contributed by atoms with E-state index >= 15 is 0 Å². The molecule has 2 aliphatic rings. The second-order valence-electron chi connectivity index (χ2n) is 7.91. The number of piperazine rings is 1. The SMILES string of the molecule is CN1C(=O)C(C2=CCCS2)N(C(=O)c2noc(-c3ccc(F)cc3)n2)CC1c1ccccc1. The predicted molar refractivity (Wildman–Crippen MR) is 122 cm³/mol.